The van der Waals surface area contributed by atoms with E-state index in [2.05, 4.69) is 15.0 Å². The number of phenols is 1. The van der Waals surface area contributed by atoms with Gasteiger partial charge in [0.15, 0.2) is 0 Å². The van der Waals surface area contributed by atoms with Crippen LogP contribution in [0, 0.1) is 6.92 Å². The van der Waals surface area contributed by atoms with E-state index >= 15 is 0 Å². The summed E-state index contributed by atoms with van der Waals surface area (Å²) in [7, 11) is 0. The average molecular weight is 358 g/mol. The van der Waals surface area contributed by atoms with Crippen molar-refractivity contribution < 1.29 is 5.11 Å². The maximum absolute atomic E-state index is 9.88. The highest BCUT2D eigenvalue weighted by Crippen LogP contribution is 2.35. The monoisotopic (exact) mass is 358 g/mol. The molecule has 0 radical (unpaired) electrons. The lowest BCUT2D eigenvalue weighted by Crippen LogP contribution is -1.95. The van der Waals surface area contributed by atoms with E-state index in [-0.39, 0.29) is 5.75 Å². The zero-order valence-electron chi connectivity index (χ0n) is 15.6. The molecule has 0 bridgehead atoms. The molecular formula is C22H22N4O. The first-order valence-corrected chi connectivity index (χ1v) is 8.89. The number of phenolic OH excluding ortho intramolecular Hbond substituents is 1. The molecule has 0 aliphatic rings. The Kier molecular flexibility index (Phi) is 5.31. The predicted molar refractivity (Wildman–Crippen MR) is 110 cm³/mol. The molecule has 0 fully saturated rings. The van der Waals surface area contributed by atoms with E-state index in [1.165, 1.54) is 6.33 Å². The van der Waals surface area contributed by atoms with Crippen LogP contribution in [0.4, 0.5) is 5.82 Å². The number of hydrogen-bond acceptors (Lipinski definition) is 5. The van der Waals surface area contributed by atoms with Crippen molar-refractivity contribution in [1.29, 1.82) is 0 Å². The minimum atomic E-state index is 0.216. The number of hydrogen-bond donors (Lipinski definition) is 2. The maximum Gasteiger partial charge on any atom is 0.134 e. The molecule has 27 heavy (non-hydrogen) atoms. The van der Waals surface area contributed by atoms with Crippen LogP contribution in [0.2, 0.25) is 0 Å². The normalized spacial score (nSPS) is 10.3. The molecule has 3 N–H and O–H groups in total. The second-order valence-electron chi connectivity index (χ2n) is 5.89. The van der Waals surface area contributed by atoms with E-state index in [9.17, 15) is 5.11 Å². The number of aromatic nitrogens is 3. The van der Waals surface area contributed by atoms with Crippen molar-refractivity contribution in [3.8, 4) is 28.1 Å². The van der Waals surface area contributed by atoms with E-state index in [1.807, 2.05) is 57.2 Å². The molecule has 136 valence electrons. The largest absolute Gasteiger partial charge is 0.508 e. The number of anilines is 1. The SMILES string of the molecule is CC.Cc1ccc(O)cc1-c1ncccc1-c1ccc2ncnc(N)c2c1. The molecule has 4 rings (SSSR count). The smallest absolute Gasteiger partial charge is 0.134 e. The van der Waals surface area contributed by atoms with Gasteiger partial charge in [-0.25, -0.2) is 9.97 Å². The predicted octanol–water partition coefficient (Wildman–Crippen LogP) is 4.98. The van der Waals surface area contributed by atoms with Crippen LogP contribution in [0.25, 0.3) is 33.3 Å². The Morgan fingerprint density at radius 2 is 1.70 bits per heavy atom. The van der Waals surface area contributed by atoms with Gasteiger partial charge in [0.05, 0.1) is 11.2 Å². The van der Waals surface area contributed by atoms with E-state index in [0.29, 0.717) is 5.82 Å². The van der Waals surface area contributed by atoms with Gasteiger partial charge < -0.3 is 10.8 Å². The van der Waals surface area contributed by atoms with Crippen molar-refractivity contribution in [2.45, 2.75) is 20.8 Å². The van der Waals surface area contributed by atoms with Crippen molar-refractivity contribution in [2.24, 2.45) is 0 Å². The van der Waals surface area contributed by atoms with E-state index in [0.717, 1.165) is 38.9 Å². The highest BCUT2D eigenvalue weighted by Gasteiger charge is 2.13. The molecule has 2 aromatic heterocycles. The van der Waals surface area contributed by atoms with Crippen LogP contribution < -0.4 is 5.73 Å². The number of nitrogen functional groups attached to an aromatic ring is 1. The number of aromatic hydroxyl groups is 1. The fourth-order valence-corrected chi connectivity index (χ4v) is 2.96. The van der Waals surface area contributed by atoms with Gasteiger partial charge in [-0.05, 0) is 48.4 Å². The van der Waals surface area contributed by atoms with Crippen LogP contribution in [0.5, 0.6) is 5.75 Å². The molecule has 0 saturated carbocycles. The number of fused-ring (bicyclic) bond motifs is 1. The lowest BCUT2D eigenvalue weighted by Gasteiger charge is -2.12. The number of rotatable bonds is 2. The van der Waals surface area contributed by atoms with E-state index in [4.69, 9.17) is 5.73 Å². The maximum atomic E-state index is 9.88. The molecule has 0 aliphatic carbocycles. The summed E-state index contributed by atoms with van der Waals surface area (Å²) in [5.74, 6) is 0.666. The number of benzene rings is 2. The van der Waals surface area contributed by atoms with Crippen molar-refractivity contribution >= 4 is 16.7 Å². The summed E-state index contributed by atoms with van der Waals surface area (Å²) < 4.78 is 0. The molecule has 0 saturated heterocycles. The summed E-state index contributed by atoms with van der Waals surface area (Å²) in [4.78, 5) is 12.9. The highest BCUT2D eigenvalue weighted by molar-refractivity contribution is 5.93. The van der Waals surface area contributed by atoms with Gasteiger partial charge in [-0.1, -0.05) is 32.0 Å². The zero-order chi connectivity index (χ0) is 19.4. The Morgan fingerprint density at radius 3 is 2.52 bits per heavy atom. The second kappa shape index (κ2) is 7.83. The Hall–Kier alpha value is -3.47. The van der Waals surface area contributed by atoms with Gasteiger partial charge in [-0.2, -0.15) is 0 Å². The number of pyridine rings is 1. The zero-order valence-corrected chi connectivity index (χ0v) is 15.6. The Labute approximate surface area is 158 Å². The fourth-order valence-electron chi connectivity index (χ4n) is 2.96. The van der Waals surface area contributed by atoms with Gasteiger partial charge in [0.2, 0.25) is 0 Å². The molecule has 0 aliphatic heterocycles. The number of aryl methyl sites for hydroxylation is 1. The molecule has 0 atom stereocenters. The van der Waals surface area contributed by atoms with Crippen molar-refractivity contribution in [2.75, 3.05) is 5.73 Å². The summed E-state index contributed by atoms with van der Waals surface area (Å²) in [5, 5.41) is 10.7. The third kappa shape index (κ3) is 3.58. The van der Waals surface area contributed by atoms with Crippen LogP contribution in [-0.2, 0) is 0 Å². The summed E-state index contributed by atoms with van der Waals surface area (Å²) in [6.07, 6.45) is 3.21. The van der Waals surface area contributed by atoms with Crippen molar-refractivity contribution in [1.82, 2.24) is 15.0 Å². The van der Waals surface area contributed by atoms with E-state index < -0.39 is 0 Å². The van der Waals surface area contributed by atoms with Gasteiger partial charge in [0.1, 0.15) is 17.9 Å². The lowest BCUT2D eigenvalue weighted by molar-refractivity contribution is 0.475. The minimum absolute atomic E-state index is 0.216. The molecule has 0 unspecified atom stereocenters. The molecular weight excluding hydrogens is 336 g/mol. The molecule has 0 amide bonds. The van der Waals surface area contributed by atoms with Crippen LogP contribution in [0.1, 0.15) is 19.4 Å². The molecule has 2 heterocycles. The first kappa shape index (κ1) is 18.3. The third-order valence-electron chi connectivity index (χ3n) is 4.26. The number of nitrogens with zero attached hydrogens (tertiary/aromatic N) is 3. The molecule has 0 spiro atoms. The van der Waals surface area contributed by atoms with Crippen molar-refractivity contribution in [3.63, 3.8) is 0 Å². The van der Waals surface area contributed by atoms with Gasteiger partial charge in [0, 0.05) is 22.7 Å². The first-order valence-electron chi connectivity index (χ1n) is 8.89. The summed E-state index contributed by atoms with van der Waals surface area (Å²) in [5.41, 5.74) is 11.5. The standard InChI is InChI=1S/C20H16N4O.C2H6/c1-12-4-6-14(25)10-16(12)19-15(3-2-8-22-19)13-5-7-18-17(9-13)20(21)24-11-23-18;1-2/h2-11,25H,1H3,(H2,21,23,24);1-2H3. The van der Waals surface area contributed by atoms with Gasteiger partial charge >= 0.3 is 0 Å². The topological polar surface area (TPSA) is 84.9 Å². The summed E-state index contributed by atoms with van der Waals surface area (Å²) in [6.45, 7) is 6.00. The minimum Gasteiger partial charge on any atom is -0.508 e. The Bertz CT molecular complexity index is 1090. The fraction of sp³-hybridized carbons (Fsp3) is 0.136. The number of nitrogens with two attached hydrogens (primary N) is 1. The average Bonchev–Trinajstić information content (AvgIpc) is 2.71. The van der Waals surface area contributed by atoms with Gasteiger partial charge in [0.25, 0.3) is 0 Å². The summed E-state index contributed by atoms with van der Waals surface area (Å²) >= 11 is 0. The van der Waals surface area contributed by atoms with E-state index in [1.54, 1.807) is 18.3 Å². The van der Waals surface area contributed by atoms with Crippen LogP contribution in [-0.4, -0.2) is 20.1 Å². The summed E-state index contributed by atoms with van der Waals surface area (Å²) in [6, 6.07) is 15.1. The third-order valence-corrected chi connectivity index (χ3v) is 4.26. The van der Waals surface area contributed by atoms with Gasteiger partial charge in [-0.3, -0.25) is 4.98 Å². The molecule has 5 nitrogen and oxygen atoms in total. The molecule has 5 heteroatoms. The Morgan fingerprint density at radius 1 is 0.889 bits per heavy atom. The van der Waals surface area contributed by atoms with Crippen LogP contribution in [0.3, 0.4) is 0 Å². The second-order valence-corrected chi connectivity index (χ2v) is 5.89. The lowest BCUT2D eigenvalue weighted by atomic mass is 9.95. The van der Waals surface area contributed by atoms with Crippen LogP contribution >= 0.6 is 0 Å². The van der Waals surface area contributed by atoms with Crippen LogP contribution in [0.15, 0.2) is 61.1 Å². The first-order chi connectivity index (χ1) is 13.1. The Balaban J connectivity index is 0.00000102. The molecule has 2 aromatic carbocycles. The van der Waals surface area contributed by atoms with Crippen molar-refractivity contribution in [3.05, 3.63) is 66.6 Å². The van der Waals surface area contributed by atoms with Gasteiger partial charge in [-0.15, -0.1) is 0 Å². The molecule has 4 aromatic rings. The highest BCUT2D eigenvalue weighted by atomic mass is 16.3. The quantitative estimate of drug-likeness (QED) is 0.528.